The average molecular weight is 258 g/mol. The van der Waals surface area contributed by atoms with Gasteiger partial charge in [-0.1, -0.05) is 27.7 Å². The highest BCUT2D eigenvalue weighted by atomic mass is 16.5. The van der Waals surface area contributed by atoms with Crippen LogP contribution in [0.4, 0.5) is 0 Å². The Labute approximate surface area is 110 Å². The summed E-state index contributed by atoms with van der Waals surface area (Å²) in [5, 5.41) is 5.95. The fourth-order valence-corrected chi connectivity index (χ4v) is 1.51. The first-order chi connectivity index (χ1) is 8.38. The van der Waals surface area contributed by atoms with Crippen molar-refractivity contribution in [3.63, 3.8) is 0 Å². The third kappa shape index (κ3) is 7.27. The van der Waals surface area contributed by atoms with Gasteiger partial charge in [0.1, 0.15) is 6.04 Å². The molecule has 0 bridgehead atoms. The highest BCUT2D eigenvalue weighted by Gasteiger charge is 2.24. The number of hydrogen-bond donors (Lipinski definition) is 2. The Bertz CT molecular complexity index is 265. The minimum Gasteiger partial charge on any atom is -0.467 e. The van der Waals surface area contributed by atoms with Crippen LogP contribution in [0.3, 0.4) is 0 Å². The summed E-state index contributed by atoms with van der Waals surface area (Å²) in [5.74, 6) is -0.474. The van der Waals surface area contributed by atoms with Crippen LogP contribution in [0.25, 0.3) is 0 Å². The predicted octanol–water partition coefficient (Wildman–Crippen LogP) is 1.08. The monoisotopic (exact) mass is 258 g/mol. The molecule has 0 aromatic heterocycles. The van der Waals surface area contributed by atoms with Crippen molar-refractivity contribution in [3.05, 3.63) is 0 Å². The molecule has 0 aromatic rings. The van der Waals surface area contributed by atoms with Crippen molar-refractivity contribution >= 4 is 11.9 Å². The molecule has 0 aliphatic carbocycles. The lowest BCUT2D eigenvalue weighted by molar-refractivity contribution is -0.146. The summed E-state index contributed by atoms with van der Waals surface area (Å²) in [6.07, 6.45) is 1.18. The minimum absolute atomic E-state index is 0.0233. The second kappa shape index (κ2) is 8.91. The fourth-order valence-electron chi connectivity index (χ4n) is 1.51. The van der Waals surface area contributed by atoms with Crippen LogP contribution in [0.15, 0.2) is 0 Å². The third-order valence-electron chi connectivity index (χ3n) is 2.57. The second-order valence-electron chi connectivity index (χ2n) is 5.02. The number of hydrogen-bond acceptors (Lipinski definition) is 4. The van der Waals surface area contributed by atoms with E-state index in [0.29, 0.717) is 12.5 Å². The lowest BCUT2D eigenvalue weighted by atomic mass is 10.0. The van der Waals surface area contributed by atoms with Gasteiger partial charge in [-0.15, -0.1) is 0 Å². The van der Waals surface area contributed by atoms with Crippen LogP contribution in [0.1, 0.15) is 40.5 Å². The summed E-state index contributed by atoms with van der Waals surface area (Å²) in [4.78, 5) is 23.1. The number of esters is 1. The molecule has 18 heavy (non-hydrogen) atoms. The number of nitrogens with one attached hydrogen (secondary N) is 2. The summed E-state index contributed by atoms with van der Waals surface area (Å²) in [7, 11) is 1.33. The predicted molar refractivity (Wildman–Crippen MR) is 71.2 cm³/mol. The van der Waals surface area contributed by atoms with Gasteiger partial charge in [0, 0.05) is 12.5 Å². The number of methoxy groups -OCH3 is 1. The van der Waals surface area contributed by atoms with Crippen LogP contribution >= 0.6 is 0 Å². The van der Waals surface area contributed by atoms with Crippen LogP contribution in [0.2, 0.25) is 0 Å². The van der Waals surface area contributed by atoms with Crippen LogP contribution in [0.5, 0.6) is 0 Å². The molecule has 0 heterocycles. The van der Waals surface area contributed by atoms with Gasteiger partial charge in [0.15, 0.2) is 0 Å². The zero-order valence-electron chi connectivity index (χ0n) is 12.1. The van der Waals surface area contributed by atoms with E-state index in [0.717, 1.165) is 13.0 Å². The Balaban J connectivity index is 4.00. The maximum absolute atomic E-state index is 11.7. The zero-order valence-corrected chi connectivity index (χ0v) is 12.1. The van der Waals surface area contributed by atoms with E-state index in [1.54, 1.807) is 0 Å². The Morgan fingerprint density at radius 2 is 1.78 bits per heavy atom. The van der Waals surface area contributed by atoms with E-state index in [2.05, 4.69) is 29.2 Å². The first kappa shape index (κ1) is 16.9. The summed E-state index contributed by atoms with van der Waals surface area (Å²) in [6, 6.07) is -0.132. The molecule has 0 fully saturated rings. The number of carbonyl (C=O) groups excluding carboxylic acids is 2. The first-order valence-corrected chi connectivity index (χ1v) is 6.49. The standard InChI is InChI=1S/C13H26N2O3/c1-9(2)12(13(17)18-5)15-11(16)7-6-8-14-10(3)4/h9-10,12,14H,6-8H2,1-5H3,(H,15,16). The summed E-state index contributed by atoms with van der Waals surface area (Å²) >= 11 is 0. The zero-order chi connectivity index (χ0) is 14.1. The van der Waals surface area contributed by atoms with E-state index in [4.69, 9.17) is 0 Å². The van der Waals surface area contributed by atoms with Crippen molar-refractivity contribution < 1.29 is 14.3 Å². The average Bonchev–Trinajstić information content (AvgIpc) is 2.30. The van der Waals surface area contributed by atoms with E-state index in [9.17, 15) is 9.59 Å². The van der Waals surface area contributed by atoms with Crippen molar-refractivity contribution in [2.45, 2.75) is 52.6 Å². The molecule has 0 saturated carbocycles. The lowest BCUT2D eigenvalue weighted by Gasteiger charge is -2.19. The van der Waals surface area contributed by atoms with Gasteiger partial charge in [-0.05, 0) is 18.9 Å². The van der Waals surface area contributed by atoms with Gasteiger partial charge >= 0.3 is 5.97 Å². The normalized spacial score (nSPS) is 12.6. The molecule has 1 unspecified atom stereocenters. The van der Waals surface area contributed by atoms with E-state index in [1.807, 2.05) is 13.8 Å². The van der Waals surface area contributed by atoms with Gasteiger partial charge in [0.2, 0.25) is 5.91 Å². The molecule has 2 N–H and O–H groups in total. The quantitative estimate of drug-likeness (QED) is 0.505. The Morgan fingerprint density at radius 1 is 1.17 bits per heavy atom. The van der Waals surface area contributed by atoms with Gasteiger partial charge in [0.25, 0.3) is 0 Å². The topological polar surface area (TPSA) is 67.4 Å². The van der Waals surface area contributed by atoms with Crippen molar-refractivity contribution in [2.75, 3.05) is 13.7 Å². The van der Waals surface area contributed by atoms with Gasteiger partial charge in [-0.25, -0.2) is 4.79 Å². The summed E-state index contributed by atoms with van der Waals surface area (Å²) in [5.41, 5.74) is 0. The molecular weight excluding hydrogens is 232 g/mol. The number of rotatable bonds is 8. The molecule has 1 amide bonds. The minimum atomic E-state index is -0.555. The van der Waals surface area contributed by atoms with E-state index in [1.165, 1.54) is 7.11 Å². The van der Waals surface area contributed by atoms with Crippen molar-refractivity contribution in [3.8, 4) is 0 Å². The molecule has 0 aromatic carbocycles. The fraction of sp³-hybridized carbons (Fsp3) is 0.846. The smallest absolute Gasteiger partial charge is 0.328 e. The van der Waals surface area contributed by atoms with Gasteiger partial charge in [-0.3, -0.25) is 4.79 Å². The lowest BCUT2D eigenvalue weighted by Crippen LogP contribution is -2.45. The molecule has 5 heteroatoms. The molecule has 0 aliphatic heterocycles. The van der Waals surface area contributed by atoms with Gasteiger partial charge < -0.3 is 15.4 Å². The SMILES string of the molecule is COC(=O)C(NC(=O)CCCNC(C)C)C(C)C. The maximum atomic E-state index is 11.7. The first-order valence-electron chi connectivity index (χ1n) is 6.49. The molecule has 0 spiro atoms. The van der Waals surface area contributed by atoms with Crippen molar-refractivity contribution in [1.82, 2.24) is 10.6 Å². The van der Waals surface area contributed by atoms with Crippen molar-refractivity contribution in [1.29, 1.82) is 0 Å². The van der Waals surface area contributed by atoms with Crippen LogP contribution in [-0.4, -0.2) is 37.6 Å². The molecule has 0 saturated heterocycles. The number of carbonyl (C=O) groups is 2. The Morgan fingerprint density at radius 3 is 2.22 bits per heavy atom. The molecular formula is C13H26N2O3. The second-order valence-corrected chi connectivity index (χ2v) is 5.02. The van der Waals surface area contributed by atoms with Crippen LogP contribution < -0.4 is 10.6 Å². The van der Waals surface area contributed by atoms with Gasteiger partial charge in [0.05, 0.1) is 7.11 Å². The summed E-state index contributed by atoms with van der Waals surface area (Å²) in [6.45, 7) is 8.68. The van der Waals surface area contributed by atoms with Crippen LogP contribution in [0, 0.1) is 5.92 Å². The number of ether oxygens (including phenoxy) is 1. The van der Waals surface area contributed by atoms with Crippen LogP contribution in [-0.2, 0) is 14.3 Å². The highest BCUT2D eigenvalue weighted by Crippen LogP contribution is 2.04. The Hall–Kier alpha value is -1.10. The number of amides is 1. The summed E-state index contributed by atoms with van der Waals surface area (Å²) < 4.78 is 4.67. The van der Waals surface area contributed by atoms with E-state index in [-0.39, 0.29) is 11.8 Å². The van der Waals surface area contributed by atoms with E-state index < -0.39 is 12.0 Å². The van der Waals surface area contributed by atoms with E-state index >= 15 is 0 Å². The Kier molecular flexibility index (Phi) is 8.37. The highest BCUT2D eigenvalue weighted by molar-refractivity contribution is 5.84. The maximum Gasteiger partial charge on any atom is 0.328 e. The van der Waals surface area contributed by atoms with Crippen molar-refractivity contribution in [2.24, 2.45) is 5.92 Å². The third-order valence-corrected chi connectivity index (χ3v) is 2.57. The molecule has 0 radical (unpaired) electrons. The molecule has 1 atom stereocenters. The molecule has 5 nitrogen and oxygen atoms in total. The van der Waals surface area contributed by atoms with Gasteiger partial charge in [-0.2, -0.15) is 0 Å². The molecule has 0 rings (SSSR count). The molecule has 106 valence electrons. The largest absolute Gasteiger partial charge is 0.467 e. The molecule has 0 aliphatic rings.